The molecule has 0 aromatic heterocycles. The number of anilines is 1. The second-order valence-corrected chi connectivity index (χ2v) is 7.21. The number of hydrogen-bond acceptors (Lipinski definition) is 5. The Hall–Kier alpha value is -3.26. The van der Waals surface area contributed by atoms with Gasteiger partial charge < -0.3 is 19.7 Å². The molecule has 1 atom stereocenters. The standard InChI is InChI=1S/C22H23FN2O5/c1-29-21(27)15-9-16(22(28)30-2)11-17(10-15)24-20(26)13-25(18-7-8-18)12-14-5-3-4-6-19(14)23/h3-6,9-11,18H,7-8,12-13H2,1-2H3,(H,24,26)/p+1. The summed E-state index contributed by atoms with van der Waals surface area (Å²) >= 11 is 0. The van der Waals surface area contributed by atoms with E-state index in [4.69, 9.17) is 9.47 Å². The van der Waals surface area contributed by atoms with Crippen LogP contribution in [-0.4, -0.2) is 44.7 Å². The van der Waals surface area contributed by atoms with E-state index in [1.165, 1.54) is 38.5 Å². The zero-order valence-corrected chi connectivity index (χ0v) is 16.9. The Kier molecular flexibility index (Phi) is 6.79. The van der Waals surface area contributed by atoms with Crippen molar-refractivity contribution in [3.8, 4) is 0 Å². The number of amides is 1. The Morgan fingerprint density at radius 2 is 1.63 bits per heavy atom. The third-order valence-corrected chi connectivity index (χ3v) is 4.98. The lowest BCUT2D eigenvalue weighted by Crippen LogP contribution is -3.13. The van der Waals surface area contributed by atoms with Crippen molar-refractivity contribution < 1.29 is 33.1 Å². The van der Waals surface area contributed by atoms with Crippen LogP contribution in [0.3, 0.4) is 0 Å². The highest BCUT2D eigenvalue weighted by molar-refractivity contribution is 5.99. The first-order valence-corrected chi connectivity index (χ1v) is 9.60. The molecule has 1 unspecified atom stereocenters. The molecule has 0 bridgehead atoms. The molecule has 0 saturated heterocycles. The average molecular weight is 415 g/mol. The SMILES string of the molecule is COC(=O)c1cc(NC(=O)C[NH+](Cc2ccccc2F)C2CC2)cc(C(=O)OC)c1. The monoisotopic (exact) mass is 415 g/mol. The van der Waals surface area contributed by atoms with Gasteiger partial charge >= 0.3 is 11.9 Å². The molecule has 0 spiro atoms. The number of halogens is 1. The van der Waals surface area contributed by atoms with Crippen LogP contribution in [0.25, 0.3) is 0 Å². The summed E-state index contributed by atoms with van der Waals surface area (Å²) in [6.07, 6.45) is 1.97. The summed E-state index contributed by atoms with van der Waals surface area (Å²) in [4.78, 5) is 37.4. The van der Waals surface area contributed by atoms with E-state index in [0.29, 0.717) is 18.2 Å². The minimum absolute atomic E-state index is 0.119. The smallest absolute Gasteiger partial charge is 0.337 e. The van der Waals surface area contributed by atoms with Crippen molar-refractivity contribution in [1.29, 1.82) is 0 Å². The summed E-state index contributed by atoms with van der Waals surface area (Å²) in [5.41, 5.74) is 1.08. The fraction of sp³-hybridized carbons (Fsp3) is 0.318. The Balaban J connectivity index is 1.74. The topological polar surface area (TPSA) is 86.1 Å². The van der Waals surface area contributed by atoms with E-state index in [-0.39, 0.29) is 35.1 Å². The van der Waals surface area contributed by atoms with E-state index >= 15 is 0 Å². The van der Waals surface area contributed by atoms with Gasteiger partial charge in [0.2, 0.25) is 0 Å². The van der Waals surface area contributed by atoms with E-state index < -0.39 is 11.9 Å². The lowest BCUT2D eigenvalue weighted by atomic mass is 10.1. The first-order chi connectivity index (χ1) is 14.4. The molecule has 30 heavy (non-hydrogen) atoms. The van der Waals surface area contributed by atoms with Crippen LogP contribution in [0.4, 0.5) is 10.1 Å². The van der Waals surface area contributed by atoms with Gasteiger partial charge in [-0.2, -0.15) is 0 Å². The maximum absolute atomic E-state index is 14.0. The van der Waals surface area contributed by atoms with Crippen molar-refractivity contribution in [3.05, 3.63) is 65.0 Å². The molecule has 1 amide bonds. The summed E-state index contributed by atoms with van der Waals surface area (Å²) in [6, 6.07) is 11.1. The molecular weight excluding hydrogens is 391 g/mol. The third-order valence-electron chi connectivity index (χ3n) is 4.98. The summed E-state index contributed by atoms with van der Waals surface area (Å²) in [5, 5.41) is 2.73. The molecule has 1 saturated carbocycles. The molecule has 2 aromatic rings. The van der Waals surface area contributed by atoms with Crippen LogP contribution in [0.2, 0.25) is 0 Å². The molecule has 1 aliphatic rings. The van der Waals surface area contributed by atoms with Crippen molar-refractivity contribution >= 4 is 23.5 Å². The highest BCUT2D eigenvalue weighted by Crippen LogP contribution is 2.18. The predicted molar refractivity (Wildman–Crippen MR) is 107 cm³/mol. The largest absolute Gasteiger partial charge is 0.465 e. The minimum Gasteiger partial charge on any atom is -0.465 e. The third kappa shape index (κ3) is 5.42. The van der Waals surface area contributed by atoms with Crippen molar-refractivity contribution in [2.45, 2.75) is 25.4 Å². The van der Waals surface area contributed by atoms with Crippen LogP contribution in [0.1, 0.15) is 39.1 Å². The average Bonchev–Trinajstić information content (AvgIpc) is 3.58. The first kappa shape index (κ1) is 21.4. The number of methoxy groups -OCH3 is 2. The molecule has 2 N–H and O–H groups in total. The lowest BCUT2D eigenvalue weighted by molar-refractivity contribution is -0.917. The Labute approximate surface area is 173 Å². The molecule has 3 rings (SSSR count). The Bertz CT molecular complexity index is 924. The predicted octanol–water partition coefficient (Wildman–Crippen LogP) is 1.58. The number of carbonyl (C=O) groups is 3. The zero-order valence-electron chi connectivity index (χ0n) is 16.9. The van der Waals surface area contributed by atoms with Crippen LogP contribution in [0.5, 0.6) is 0 Å². The van der Waals surface area contributed by atoms with Gasteiger partial charge in [0.25, 0.3) is 5.91 Å². The number of carbonyl (C=O) groups excluding carboxylic acids is 3. The van der Waals surface area contributed by atoms with E-state index in [0.717, 1.165) is 17.7 Å². The summed E-state index contributed by atoms with van der Waals surface area (Å²) < 4.78 is 23.4. The molecular formula is C22H24FN2O5+. The van der Waals surface area contributed by atoms with E-state index in [9.17, 15) is 18.8 Å². The van der Waals surface area contributed by atoms with Gasteiger partial charge in [0.1, 0.15) is 12.4 Å². The van der Waals surface area contributed by atoms with Crippen molar-refractivity contribution in [3.63, 3.8) is 0 Å². The molecule has 7 nitrogen and oxygen atoms in total. The number of quaternary nitrogens is 1. The molecule has 0 heterocycles. The number of rotatable bonds is 8. The summed E-state index contributed by atoms with van der Waals surface area (Å²) in [7, 11) is 2.45. The maximum Gasteiger partial charge on any atom is 0.337 e. The van der Waals surface area contributed by atoms with Gasteiger partial charge in [-0.3, -0.25) is 4.79 Å². The zero-order chi connectivity index (χ0) is 21.7. The van der Waals surface area contributed by atoms with Crippen LogP contribution in [-0.2, 0) is 20.8 Å². The minimum atomic E-state index is -0.638. The van der Waals surface area contributed by atoms with Gasteiger partial charge in [-0.1, -0.05) is 18.2 Å². The molecule has 8 heteroatoms. The van der Waals surface area contributed by atoms with Crippen LogP contribution >= 0.6 is 0 Å². The summed E-state index contributed by atoms with van der Waals surface area (Å²) in [6.45, 7) is 0.537. The van der Waals surface area contributed by atoms with Crippen LogP contribution in [0.15, 0.2) is 42.5 Å². The molecule has 0 radical (unpaired) electrons. The van der Waals surface area contributed by atoms with Gasteiger partial charge in [-0.25, -0.2) is 14.0 Å². The van der Waals surface area contributed by atoms with E-state index in [1.807, 2.05) is 0 Å². The van der Waals surface area contributed by atoms with Gasteiger partial charge in [-0.15, -0.1) is 0 Å². The second-order valence-electron chi connectivity index (χ2n) is 7.21. The van der Waals surface area contributed by atoms with Gasteiger partial charge in [0.05, 0.1) is 31.4 Å². The lowest BCUT2D eigenvalue weighted by Gasteiger charge is -2.19. The maximum atomic E-state index is 14.0. The quantitative estimate of drug-likeness (QED) is 0.640. The molecule has 2 aromatic carbocycles. The molecule has 1 fully saturated rings. The Morgan fingerprint density at radius 1 is 1.03 bits per heavy atom. The van der Waals surface area contributed by atoms with Gasteiger partial charge in [0, 0.05) is 24.1 Å². The Morgan fingerprint density at radius 3 is 2.17 bits per heavy atom. The van der Waals surface area contributed by atoms with E-state index in [1.54, 1.807) is 18.2 Å². The highest BCUT2D eigenvalue weighted by Gasteiger charge is 2.35. The first-order valence-electron chi connectivity index (χ1n) is 9.60. The number of benzene rings is 2. The normalized spacial score (nSPS) is 14.0. The van der Waals surface area contributed by atoms with Crippen molar-refractivity contribution in [2.24, 2.45) is 0 Å². The van der Waals surface area contributed by atoms with Crippen LogP contribution < -0.4 is 10.2 Å². The number of hydrogen-bond donors (Lipinski definition) is 2. The van der Waals surface area contributed by atoms with Gasteiger partial charge in [-0.05, 0) is 24.3 Å². The van der Waals surface area contributed by atoms with Crippen molar-refractivity contribution in [2.75, 3.05) is 26.1 Å². The molecule has 0 aliphatic heterocycles. The number of esters is 2. The molecule has 1 aliphatic carbocycles. The number of ether oxygens (including phenoxy) is 2. The van der Waals surface area contributed by atoms with E-state index in [2.05, 4.69) is 5.32 Å². The number of nitrogens with one attached hydrogen (secondary N) is 2. The van der Waals surface area contributed by atoms with Gasteiger partial charge in [0.15, 0.2) is 6.54 Å². The summed E-state index contributed by atoms with van der Waals surface area (Å²) in [5.74, 6) is -1.86. The fourth-order valence-corrected chi connectivity index (χ4v) is 3.31. The molecule has 158 valence electrons. The van der Waals surface area contributed by atoms with Crippen LogP contribution in [0, 0.1) is 5.82 Å². The fourth-order valence-electron chi connectivity index (χ4n) is 3.31. The second kappa shape index (κ2) is 9.49. The van der Waals surface area contributed by atoms with Crippen molar-refractivity contribution in [1.82, 2.24) is 0 Å². The highest BCUT2D eigenvalue weighted by atomic mass is 19.1.